The van der Waals surface area contributed by atoms with Crippen LogP contribution in [0.5, 0.6) is 11.5 Å². The van der Waals surface area contributed by atoms with Crippen LogP contribution >= 0.6 is 0 Å². The van der Waals surface area contributed by atoms with E-state index in [1.54, 1.807) is 31.2 Å². The first kappa shape index (κ1) is 19.3. The maximum Gasteiger partial charge on any atom is 0.350 e. The molecule has 7 heteroatoms. The highest BCUT2D eigenvalue weighted by Crippen LogP contribution is 2.36. The van der Waals surface area contributed by atoms with Crippen LogP contribution in [0, 0.1) is 5.92 Å². The lowest BCUT2D eigenvalue weighted by Gasteiger charge is -2.36. The predicted octanol–water partition coefficient (Wildman–Crippen LogP) is 3.75. The summed E-state index contributed by atoms with van der Waals surface area (Å²) in [5.74, 6) is -0.805. The van der Waals surface area contributed by atoms with Crippen molar-refractivity contribution < 1.29 is 23.9 Å². The Kier molecular flexibility index (Phi) is 5.54. The number of rotatable bonds is 4. The lowest BCUT2D eigenvalue weighted by molar-refractivity contribution is -0.145. The molecule has 0 bridgehead atoms. The van der Waals surface area contributed by atoms with Gasteiger partial charge in [0.1, 0.15) is 17.4 Å². The molecule has 7 nitrogen and oxygen atoms in total. The normalized spacial score (nSPS) is 19.0. The summed E-state index contributed by atoms with van der Waals surface area (Å²) in [7, 11) is 1.26. The van der Waals surface area contributed by atoms with Crippen LogP contribution in [0.25, 0.3) is 0 Å². The highest BCUT2D eigenvalue weighted by Gasteiger charge is 2.44. The maximum absolute atomic E-state index is 12.4. The van der Waals surface area contributed by atoms with E-state index in [1.165, 1.54) is 14.0 Å². The molecule has 0 saturated heterocycles. The van der Waals surface area contributed by atoms with Crippen LogP contribution < -0.4 is 4.74 Å². The lowest BCUT2D eigenvalue weighted by atomic mass is 9.86. The maximum atomic E-state index is 12.4. The van der Waals surface area contributed by atoms with E-state index in [9.17, 15) is 14.4 Å². The average molecular weight is 380 g/mol. The number of amides is 3. The molecule has 0 aromatic heterocycles. The Hall–Kier alpha value is -3.48. The summed E-state index contributed by atoms with van der Waals surface area (Å²) in [4.78, 5) is 41.8. The molecule has 1 heterocycles. The molecule has 0 radical (unpaired) electrons. The zero-order valence-corrected chi connectivity index (χ0v) is 15.8. The number of methoxy groups -OCH3 is 1. The molecule has 2 aromatic rings. The smallest absolute Gasteiger partial charge is 0.350 e. The highest BCUT2D eigenvalue weighted by molar-refractivity contribution is 6.11. The van der Waals surface area contributed by atoms with Gasteiger partial charge in [0.15, 0.2) is 0 Å². The minimum Gasteiger partial charge on any atom is -0.468 e. The van der Waals surface area contributed by atoms with Gasteiger partial charge in [-0.3, -0.25) is 14.5 Å². The molecule has 3 amide bonds. The van der Waals surface area contributed by atoms with Gasteiger partial charge in [0.25, 0.3) is 0 Å². The fourth-order valence-corrected chi connectivity index (χ4v) is 3.26. The van der Waals surface area contributed by atoms with Crippen molar-refractivity contribution >= 4 is 23.6 Å². The van der Waals surface area contributed by atoms with Gasteiger partial charge in [-0.1, -0.05) is 30.3 Å². The number of ether oxygens (including phenoxy) is 2. The van der Waals surface area contributed by atoms with E-state index in [0.717, 1.165) is 4.90 Å². The second-order valence-corrected chi connectivity index (χ2v) is 6.36. The summed E-state index contributed by atoms with van der Waals surface area (Å²) >= 11 is 0. The number of esters is 1. The Balaban J connectivity index is 2.05. The van der Waals surface area contributed by atoms with Gasteiger partial charge in [0, 0.05) is 12.6 Å². The predicted molar refractivity (Wildman–Crippen MR) is 102 cm³/mol. The quantitative estimate of drug-likeness (QED) is 0.754. The fraction of sp³-hybridized carbons (Fsp3) is 0.238. The first-order valence-electron chi connectivity index (χ1n) is 8.72. The number of para-hydroxylation sites is 1. The van der Waals surface area contributed by atoms with E-state index in [0.29, 0.717) is 22.8 Å². The van der Waals surface area contributed by atoms with Crippen molar-refractivity contribution in [2.45, 2.75) is 19.9 Å². The molecular formula is C21H20N2O5. The molecule has 0 saturated carbocycles. The SMILES string of the molecule is COC(=O)C1C(C)=NC(=O)N(C(C)=O)C1c1cccc(Oc2ccccc2)c1. The van der Waals surface area contributed by atoms with Crippen molar-refractivity contribution in [2.24, 2.45) is 10.9 Å². The number of benzene rings is 2. The third kappa shape index (κ3) is 3.78. The zero-order chi connectivity index (χ0) is 20.3. The van der Waals surface area contributed by atoms with Crippen LogP contribution in [0.4, 0.5) is 4.79 Å². The van der Waals surface area contributed by atoms with E-state index < -0.39 is 29.9 Å². The first-order chi connectivity index (χ1) is 13.4. The van der Waals surface area contributed by atoms with Crippen LogP contribution in [0.1, 0.15) is 25.5 Å². The number of hydrogen-bond acceptors (Lipinski definition) is 5. The second kappa shape index (κ2) is 8.04. The molecule has 1 aliphatic rings. The number of urea groups is 1. The standard InChI is InChI=1S/C21H20N2O5/c1-13-18(20(25)27-3)19(23(14(2)24)21(26)22-13)15-8-7-11-17(12-15)28-16-9-5-4-6-10-16/h4-12,18-19H,1-3H3. The van der Waals surface area contributed by atoms with Crippen molar-refractivity contribution in [3.8, 4) is 11.5 Å². The monoisotopic (exact) mass is 380 g/mol. The molecule has 0 aliphatic carbocycles. The molecule has 144 valence electrons. The van der Waals surface area contributed by atoms with Crippen LogP contribution in [-0.2, 0) is 14.3 Å². The lowest BCUT2D eigenvalue weighted by Crippen LogP contribution is -2.48. The molecular weight excluding hydrogens is 360 g/mol. The van der Waals surface area contributed by atoms with Crippen molar-refractivity contribution in [3.63, 3.8) is 0 Å². The number of carbonyl (C=O) groups is 3. The second-order valence-electron chi connectivity index (χ2n) is 6.36. The Bertz CT molecular complexity index is 939. The van der Waals surface area contributed by atoms with Gasteiger partial charge in [0.2, 0.25) is 5.91 Å². The molecule has 2 unspecified atom stereocenters. The van der Waals surface area contributed by atoms with Gasteiger partial charge in [0.05, 0.1) is 13.2 Å². The fourth-order valence-electron chi connectivity index (χ4n) is 3.26. The van der Waals surface area contributed by atoms with Crippen molar-refractivity contribution in [1.29, 1.82) is 0 Å². The molecule has 0 spiro atoms. The molecule has 28 heavy (non-hydrogen) atoms. The molecule has 2 aromatic carbocycles. The van der Waals surface area contributed by atoms with Crippen LogP contribution in [0.2, 0.25) is 0 Å². The van der Waals surface area contributed by atoms with Crippen LogP contribution in [0.15, 0.2) is 59.6 Å². The molecule has 3 rings (SSSR count). The van der Waals surface area contributed by atoms with Crippen molar-refractivity contribution in [3.05, 3.63) is 60.2 Å². The van der Waals surface area contributed by atoms with E-state index in [1.807, 2.05) is 30.3 Å². The highest BCUT2D eigenvalue weighted by atomic mass is 16.5. The molecule has 2 atom stereocenters. The Labute approximate surface area is 162 Å². The minimum atomic E-state index is -0.890. The summed E-state index contributed by atoms with van der Waals surface area (Å²) in [5.41, 5.74) is 0.871. The van der Waals surface area contributed by atoms with Crippen LogP contribution in [0.3, 0.4) is 0 Å². The Morgan fingerprint density at radius 3 is 2.36 bits per heavy atom. The van der Waals surface area contributed by atoms with Gasteiger partial charge in [-0.05, 0) is 36.8 Å². The molecule has 0 fully saturated rings. The minimum absolute atomic E-state index is 0.300. The number of carbonyl (C=O) groups excluding carboxylic acids is 3. The number of hydrogen-bond donors (Lipinski definition) is 0. The summed E-state index contributed by atoms with van der Waals surface area (Å²) in [6.07, 6.45) is 0. The largest absolute Gasteiger partial charge is 0.468 e. The van der Waals surface area contributed by atoms with Crippen molar-refractivity contribution in [1.82, 2.24) is 4.90 Å². The molecule has 1 aliphatic heterocycles. The summed E-state index contributed by atoms with van der Waals surface area (Å²) < 4.78 is 10.7. The zero-order valence-electron chi connectivity index (χ0n) is 15.8. The van der Waals surface area contributed by atoms with Crippen molar-refractivity contribution in [2.75, 3.05) is 7.11 Å². The number of nitrogens with zero attached hydrogens (tertiary/aromatic N) is 2. The first-order valence-corrected chi connectivity index (χ1v) is 8.72. The van der Waals surface area contributed by atoms with Crippen LogP contribution in [-0.4, -0.2) is 35.6 Å². The number of imide groups is 1. The average Bonchev–Trinajstić information content (AvgIpc) is 2.67. The third-order valence-corrected chi connectivity index (χ3v) is 4.49. The molecule has 0 N–H and O–H groups in total. The van der Waals surface area contributed by atoms with E-state index >= 15 is 0 Å². The number of aliphatic imine (C=N–C) groups is 1. The Morgan fingerprint density at radius 1 is 1.04 bits per heavy atom. The van der Waals surface area contributed by atoms with Gasteiger partial charge in [-0.25, -0.2) is 9.79 Å². The van der Waals surface area contributed by atoms with Gasteiger partial charge in [-0.15, -0.1) is 0 Å². The van der Waals surface area contributed by atoms with E-state index in [-0.39, 0.29) is 0 Å². The van der Waals surface area contributed by atoms with E-state index in [4.69, 9.17) is 9.47 Å². The third-order valence-electron chi connectivity index (χ3n) is 4.49. The van der Waals surface area contributed by atoms with Gasteiger partial charge >= 0.3 is 12.0 Å². The van der Waals surface area contributed by atoms with Gasteiger partial charge < -0.3 is 9.47 Å². The Morgan fingerprint density at radius 2 is 1.71 bits per heavy atom. The summed E-state index contributed by atoms with van der Waals surface area (Å²) in [5, 5.41) is 0. The summed E-state index contributed by atoms with van der Waals surface area (Å²) in [6, 6.07) is 14.6. The summed E-state index contributed by atoms with van der Waals surface area (Å²) in [6.45, 7) is 2.84. The topological polar surface area (TPSA) is 85.3 Å². The van der Waals surface area contributed by atoms with Gasteiger partial charge in [-0.2, -0.15) is 0 Å². The van der Waals surface area contributed by atoms with E-state index in [2.05, 4.69) is 4.99 Å².